The summed E-state index contributed by atoms with van der Waals surface area (Å²) in [7, 11) is 3.74. The average molecular weight is 557 g/mol. The van der Waals surface area contributed by atoms with Gasteiger partial charge in [-0.2, -0.15) is 0 Å². The zero-order valence-electron chi connectivity index (χ0n) is 23.4. The van der Waals surface area contributed by atoms with Gasteiger partial charge in [-0.1, -0.05) is 24.3 Å². The zero-order chi connectivity index (χ0) is 28.1. The van der Waals surface area contributed by atoms with Gasteiger partial charge in [-0.25, -0.2) is 4.98 Å². The number of Topliss-reactive ketones (excluding diaryl/α,β-unsaturated/α-hetero) is 2. The number of aryl methyl sites for hydroxylation is 1. The topological polar surface area (TPSA) is 68.7 Å². The number of nitrogens with zero attached hydrogens (tertiary/aromatic N) is 2. The molecule has 208 valence electrons. The smallest absolute Gasteiger partial charge is 0.181 e. The SMILES string of the molecule is COc1cc(C(=O)CCC(=O)c2cccc(-c3csc4c(C)cccc34)n2)ccc1OCCC1CCN(C)CC1. The molecule has 0 saturated carbocycles. The number of piperidine rings is 1. The van der Waals surface area contributed by atoms with Crippen LogP contribution in [0.4, 0.5) is 0 Å². The van der Waals surface area contributed by atoms with Gasteiger partial charge in [-0.3, -0.25) is 9.59 Å². The molecule has 0 spiro atoms. The molecule has 1 aliphatic rings. The van der Waals surface area contributed by atoms with E-state index in [2.05, 4.69) is 41.4 Å². The van der Waals surface area contributed by atoms with Crippen molar-refractivity contribution in [2.45, 2.75) is 39.0 Å². The number of fused-ring (bicyclic) bond motifs is 1. The molecule has 3 heterocycles. The Bertz CT molecular complexity index is 1500. The molecule has 7 heteroatoms. The Kier molecular flexibility index (Phi) is 8.92. The third-order valence-corrected chi connectivity index (χ3v) is 8.93. The molecule has 0 unspecified atom stereocenters. The summed E-state index contributed by atoms with van der Waals surface area (Å²) in [6, 6.07) is 17.0. The Morgan fingerprint density at radius 3 is 2.58 bits per heavy atom. The minimum absolute atomic E-state index is 0.0932. The molecule has 0 N–H and O–H groups in total. The summed E-state index contributed by atoms with van der Waals surface area (Å²) in [6.07, 6.45) is 3.61. The summed E-state index contributed by atoms with van der Waals surface area (Å²) in [5.41, 5.74) is 3.90. The van der Waals surface area contributed by atoms with Crippen molar-refractivity contribution in [1.82, 2.24) is 9.88 Å². The largest absolute Gasteiger partial charge is 0.493 e. The molecule has 1 fully saturated rings. The number of benzene rings is 2. The van der Waals surface area contributed by atoms with Crippen LogP contribution in [0, 0.1) is 12.8 Å². The number of hydrogen-bond acceptors (Lipinski definition) is 7. The second kappa shape index (κ2) is 12.7. The summed E-state index contributed by atoms with van der Waals surface area (Å²) >= 11 is 1.69. The molecule has 0 amide bonds. The predicted molar refractivity (Wildman–Crippen MR) is 161 cm³/mol. The van der Waals surface area contributed by atoms with Crippen LogP contribution in [0.5, 0.6) is 11.5 Å². The van der Waals surface area contributed by atoms with Gasteiger partial charge >= 0.3 is 0 Å². The molecule has 0 atom stereocenters. The van der Waals surface area contributed by atoms with Crippen molar-refractivity contribution in [2.24, 2.45) is 5.92 Å². The summed E-state index contributed by atoms with van der Waals surface area (Å²) in [4.78, 5) is 33.0. The van der Waals surface area contributed by atoms with Crippen molar-refractivity contribution in [3.63, 3.8) is 0 Å². The summed E-state index contributed by atoms with van der Waals surface area (Å²) in [5.74, 6) is 1.60. The third-order valence-electron chi connectivity index (χ3n) is 7.79. The van der Waals surface area contributed by atoms with E-state index in [1.165, 1.54) is 23.1 Å². The molecule has 4 aromatic rings. The Morgan fingerprint density at radius 2 is 1.77 bits per heavy atom. The predicted octanol–water partition coefficient (Wildman–Crippen LogP) is 7.24. The van der Waals surface area contributed by atoms with Crippen LogP contribution in [0.15, 0.2) is 60.0 Å². The molecule has 40 heavy (non-hydrogen) atoms. The highest BCUT2D eigenvalue weighted by atomic mass is 32.1. The maximum Gasteiger partial charge on any atom is 0.181 e. The maximum absolute atomic E-state index is 13.0. The van der Waals surface area contributed by atoms with E-state index in [0.717, 1.165) is 36.2 Å². The number of carbonyl (C=O) groups is 2. The van der Waals surface area contributed by atoms with Crippen molar-refractivity contribution in [3.8, 4) is 22.8 Å². The maximum atomic E-state index is 13.0. The first-order valence-electron chi connectivity index (χ1n) is 13.9. The van der Waals surface area contributed by atoms with E-state index < -0.39 is 0 Å². The van der Waals surface area contributed by atoms with Crippen molar-refractivity contribution in [3.05, 3.63) is 76.8 Å². The van der Waals surface area contributed by atoms with Gasteiger partial charge in [0.25, 0.3) is 0 Å². The number of pyridine rings is 1. The van der Waals surface area contributed by atoms with Crippen LogP contribution in [0.3, 0.4) is 0 Å². The van der Waals surface area contributed by atoms with E-state index in [-0.39, 0.29) is 24.4 Å². The number of rotatable bonds is 11. The average Bonchev–Trinajstić information content (AvgIpc) is 3.42. The Labute approximate surface area is 240 Å². The lowest BCUT2D eigenvalue weighted by Gasteiger charge is -2.28. The lowest BCUT2D eigenvalue weighted by molar-refractivity contribution is 0.0915. The number of carbonyl (C=O) groups excluding carboxylic acids is 2. The summed E-state index contributed by atoms with van der Waals surface area (Å²) in [5, 5.41) is 3.23. The fourth-order valence-electron chi connectivity index (χ4n) is 5.29. The number of ketones is 2. The van der Waals surface area contributed by atoms with E-state index in [9.17, 15) is 9.59 Å². The minimum atomic E-state index is -0.147. The van der Waals surface area contributed by atoms with Crippen molar-refractivity contribution in [1.29, 1.82) is 0 Å². The highest BCUT2D eigenvalue weighted by Gasteiger charge is 2.18. The standard InChI is InChI=1S/C33H36N2O4S/c1-22-6-4-7-25-26(21-40-33(22)25)27-8-5-9-28(34-27)30(37)12-11-29(36)24-10-13-31(32(20-24)38-3)39-19-16-23-14-17-35(2)18-15-23/h4-10,13,20-21,23H,11-12,14-19H2,1-3H3. The van der Waals surface area contributed by atoms with Gasteiger partial charge in [-0.05, 0) is 88.1 Å². The van der Waals surface area contributed by atoms with E-state index in [0.29, 0.717) is 35.3 Å². The molecular formula is C33H36N2O4S. The van der Waals surface area contributed by atoms with Crippen LogP contribution < -0.4 is 9.47 Å². The molecule has 2 aromatic heterocycles. The highest BCUT2D eigenvalue weighted by molar-refractivity contribution is 7.18. The number of methoxy groups -OCH3 is 1. The van der Waals surface area contributed by atoms with Crippen molar-refractivity contribution >= 4 is 33.0 Å². The van der Waals surface area contributed by atoms with Gasteiger partial charge in [0.2, 0.25) is 0 Å². The minimum Gasteiger partial charge on any atom is -0.493 e. The van der Waals surface area contributed by atoms with Crippen molar-refractivity contribution < 1.29 is 19.1 Å². The number of thiophene rings is 1. The van der Waals surface area contributed by atoms with E-state index in [4.69, 9.17) is 9.47 Å². The molecule has 5 rings (SSSR count). The highest BCUT2D eigenvalue weighted by Crippen LogP contribution is 2.35. The Balaban J connectivity index is 1.18. The van der Waals surface area contributed by atoms with Crippen LogP contribution in [0.1, 0.15) is 58.5 Å². The number of aromatic nitrogens is 1. The number of likely N-dealkylation sites (tertiary alicyclic amines) is 1. The summed E-state index contributed by atoms with van der Waals surface area (Å²) in [6.45, 7) is 5.00. The Hall–Kier alpha value is -3.55. The summed E-state index contributed by atoms with van der Waals surface area (Å²) < 4.78 is 12.8. The van der Waals surface area contributed by atoms with Gasteiger partial charge in [-0.15, -0.1) is 11.3 Å². The van der Waals surface area contributed by atoms with Gasteiger partial charge in [0.05, 0.1) is 19.4 Å². The zero-order valence-corrected chi connectivity index (χ0v) is 24.3. The monoisotopic (exact) mass is 556 g/mol. The van der Waals surface area contributed by atoms with Crippen molar-refractivity contribution in [2.75, 3.05) is 33.9 Å². The van der Waals surface area contributed by atoms with E-state index in [1.54, 1.807) is 42.7 Å². The van der Waals surface area contributed by atoms with E-state index in [1.807, 2.05) is 18.2 Å². The molecule has 0 aliphatic carbocycles. The first-order chi connectivity index (χ1) is 19.4. The first-order valence-corrected chi connectivity index (χ1v) is 14.8. The molecule has 6 nitrogen and oxygen atoms in total. The van der Waals surface area contributed by atoms with Gasteiger partial charge < -0.3 is 14.4 Å². The molecule has 0 bridgehead atoms. The quantitative estimate of drug-likeness (QED) is 0.182. The number of hydrogen-bond donors (Lipinski definition) is 0. The second-order valence-electron chi connectivity index (χ2n) is 10.6. The second-order valence-corrected chi connectivity index (χ2v) is 11.5. The fraction of sp³-hybridized carbons (Fsp3) is 0.364. The molecule has 1 aliphatic heterocycles. The van der Waals surface area contributed by atoms with Crippen LogP contribution in [0.25, 0.3) is 21.3 Å². The molecular weight excluding hydrogens is 520 g/mol. The lowest BCUT2D eigenvalue weighted by Crippen LogP contribution is -2.30. The molecule has 1 saturated heterocycles. The molecule has 0 radical (unpaired) electrons. The lowest BCUT2D eigenvalue weighted by atomic mass is 9.94. The fourth-order valence-corrected chi connectivity index (χ4v) is 6.33. The van der Waals surface area contributed by atoms with Crippen LogP contribution >= 0.6 is 11.3 Å². The first kappa shape index (κ1) is 28.0. The number of ether oxygens (including phenoxy) is 2. The van der Waals surface area contributed by atoms with Gasteiger partial charge in [0, 0.05) is 39.4 Å². The van der Waals surface area contributed by atoms with Gasteiger partial charge in [0.15, 0.2) is 23.1 Å². The van der Waals surface area contributed by atoms with Crippen LogP contribution in [-0.4, -0.2) is 55.3 Å². The van der Waals surface area contributed by atoms with Gasteiger partial charge in [0.1, 0.15) is 5.69 Å². The normalized spacial score (nSPS) is 14.4. The third kappa shape index (κ3) is 6.43. The Morgan fingerprint density at radius 1 is 1.00 bits per heavy atom. The van der Waals surface area contributed by atoms with E-state index >= 15 is 0 Å². The van der Waals surface area contributed by atoms with Crippen LogP contribution in [0.2, 0.25) is 0 Å². The molecule has 2 aromatic carbocycles. The van der Waals surface area contributed by atoms with Crippen LogP contribution in [-0.2, 0) is 0 Å².